The molecule has 1 N–H and O–H groups in total. The maximum absolute atomic E-state index is 4.32. The molecule has 6 heteroatoms. The maximum Gasteiger partial charge on any atom is 0.210 e. The van der Waals surface area contributed by atoms with Gasteiger partial charge in [0.15, 0.2) is 5.82 Å². The van der Waals surface area contributed by atoms with E-state index >= 15 is 0 Å². The lowest BCUT2D eigenvalue weighted by Gasteiger charge is -1.95. The number of aromatic nitrogens is 4. The quantitative estimate of drug-likeness (QED) is 0.829. The van der Waals surface area contributed by atoms with Crippen LogP contribution in [0.15, 0.2) is 12.4 Å². The number of rotatable bonds is 3. The second-order valence-electron chi connectivity index (χ2n) is 2.82. The maximum atomic E-state index is 4.32. The van der Waals surface area contributed by atoms with Crippen molar-refractivity contribution in [2.24, 2.45) is 7.05 Å². The lowest BCUT2D eigenvalue weighted by molar-refractivity contribution is 0.913. The van der Waals surface area contributed by atoms with Crippen LogP contribution in [-0.4, -0.2) is 25.5 Å². The summed E-state index contributed by atoms with van der Waals surface area (Å²) in [6.07, 6.45) is 3.62. The zero-order valence-corrected chi connectivity index (χ0v) is 8.88. The van der Waals surface area contributed by atoms with Crippen LogP contribution in [0.2, 0.25) is 0 Å². The van der Waals surface area contributed by atoms with Gasteiger partial charge in [0.2, 0.25) is 11.0 Å². The van der Waals surface area contributed by atoms with Crippen LogP contribution in [0.4, 0.5) is 5.13 Å². The lowest BCUT2D eigenvalue weighted by atomic mass is 10.6. The van der Waals surface area contributed by atoms with Gasteiger partial charge in [0.25, 0.3) is 0 Å². The van der Waals surface area contributed by atoms with Crippen molar-refractivity contribution < 1.29 is 0 Å². The zero-order chi connectivity index (χ0) is 9.97. The first-order chi connectivity index (χ1) is 6.81. The minimum Gasteiger partial charge on any atom is -0.361 e. The number of nitrogens with zero attached hydrogens (tertiary/aromatic N) is 4. The summed E-state index contributed by atoms with van der Waals surface area (Å²) in [7, 11) is 1.93. The van der Waals surface area contributed by atoms with E-state index in [2.05, 4.69) is 19.7 Å². The van der Waals surface area contributed by atoms with Crippen LogP contribution in [0.25, 0.3) is 11.6 Å². The standard InChI is InChI=1S/C8H11N5S/c1-3-9-8-11-6(12-14-8)7-10-4-5-13(7)2/h4-5H,3H2,1-2H3,(H,9,11,12). The Balaban J connectivity index is 2.29. The molecule has 0 bridgehead atoms. The van der Waals surface area contributed by atoms with Gasteiger partial charge < -0.3 is 9.88 Å². The summed E-state index contributed by atoms with van der Waals surface area (Å²) >= 11 is 1.36. The Kier molecular flexibility index (Phi) is 2.45. The fourth-order valence-corrected chi connectivity index (χ4v) is 1.75. The molecule has 0 spiro atoms. The van der Waals surface area contributed by atoms with E-state index in [1.807, 2.05) is 24.7 Å². The minimum absolute atomic E-state index is 0.679. The molecule has 2 aromatic rings. The Morgan fingerprint density at radius 1 is 1.57 bits per heavy atom. The zero-order valence-electron chi connectivity index (χ0n) is 8.06. The third-order valence-corrected chi connectivity index (χ3v) is 2.45. The highest BCUT2D eigenvalue weighted by atomic mass is 32.1. The summed E-state index contributed by atoms with van der Waals surface area (Å²) in [4.78, 5) is 8.49. The van der Waals surface area contributed by atoms with Crippen molar-refractivity contribution in [2.45, 2.75) is 6.92 Å². The van der Waals surface area contributed by atoms with Crippen LogP contribution in [0.3, 0.4) is 0 Å². The van der Waals surface area contributed by atoms with Crippen molar-refractivity contribution in [3.63, 3.8) is 0 Å². The molecule has 2 aromatic heterocycles. The monoisotopic (exact) mass is 209 g/mol. The Morgan fingerprint density at radius 2 is 2.43 bits per heavy atom. The number of aryl methyl sites for hydroxylation is 1. The Hall–Kier alpha value is -1.43. The molecule has 5 nitrogen and oxygen atoms in total. The van der Waals surface area contributed by atoms with Gasteiger partial charge in [0.05, 0.1) is 0 Å². The van der Waals surface area contributed by atoms with Crippen LogP contribution >= 0.6 is 11.5 Å². The van der Waals surface area contributed by atoms with Gasteiger partial charge in [-0.05, 0) is 6.92 Å². The fraction of sp³-hybridized carbons (Fsp3) is 0.375. The van der Waals surface area contributed by atoms with E-state index in [9.17, 15) is 0 Å². The summed E-state index contributed by atoms with van der Waals surface area (Å²) in [5, 5.41) is 3.96. The first kappa shape index (κ1) is 9.14. The van der Waals surface area contributed by atoms with Gasteiger partial charge in [-0.2, -0.15) is 9.36 Å². The SMILES string of the molecule is CCNc1nc(-c2nccn2C)ns1. The van der Waals surface area contributed by atoms with E-state index in [-0.39, 0.29) is 0 Å². The molecule has 0 aliphatic heterocycles. The van der Waals surface area contributed by atoms with Crippen LogP contribution in [-0.2, 0) is 7.05 Å². The summed E-state index contributed by atoms with van der Waals surface area (Å²) in [6.45, 7) is 2.89. The first-order valence-electron chi connectivity index (χ1n) is 4.36. The topological polar surface area (TPSA) is 55.6 Å². The summed E-state index contributed by atoms with van der Waals surface area (Å²) < 4.78 is 6.12. The molecule has 14 heavy (non-hydrogen) atoms. The highest BCUT2D eigenvalue weighted by Gasteiger charge is 2.09. The summed E-state index contributed by atoms with van der Waals surface area (Å²) in [5.74, 6) is 1.48. The van der Waals surface area contributed by atoms with Gasteiger partial charge >= 0.3 is 0 Å². The van der Waals surface area contributed by atoms with E-state index in [1.54, 1.807) is 6.20 Å². The molecule has 0 amide bonds. The number of hydrogen-bond acceptors (Lipinski definition) is 5. The van der Waals surface area contributed by atoms with Crippen molar-refractivity contribution in [2.75, 3.05) is 11.9 Å². The molecule has 0 fully saturated rings. The molecular formula is C8H11N5S. The smallest absolute Gasteiger partial charge is 0.210 e. The highest BCUT2D eigenvalue weighted by Crippen LogP contribution is 2.18. The molecule has 0 aromatic carbocycles. The molecule has 0 radical (unpaired) electrons. The number of anilines is 1. The van der Waals surface area contributed by atoms with Gasteiger partial charge in [-0.15, -0.1) is 0 Å². The minimum atomic E-state index is 0.679. The molecular weight excluding hydrogens is 198 g/mol. The summed E-state index contributed by atoms with van der Waals surface area (Å²) in [6, 6.07) is 0. The molecule has 0 unspecified atom stereocenters. The van der Waals surface area contributed by atoms with Crippen LogP contribution < -0.4 is 5.32 Å². The van der Waals surface area contributed by atoms with Gasteiger partial charge in [-0.3, -0.25) is 0 Å². The van der Waals surface area contributed by atoms with Crippen molar-refractivity contribution in [3.8, 4) is 11.6 Å². The van der Waals surface area contributed by atoms with Gasteiger partial charge in [0, 0.05) is 37.5 Å². The van der Waals surface area contributed by atoms with Crippen LogP contribution in [0.5, 0.6) is 0 Å². The predicted molar refractivity (Wildman–Crippen MR) is 56.3 cm³/mol. The second-order valence-corrected chi connectivity index (χ2v) is 3.57. The van der Waals surface area contributed by atoms with E-state index in [0.717, 1.165) is 17.5 Å². The van der Waals surface area contributed by atoms with Crippen molar-refractivity contribution in [1.82, 2.24) is 18.9 Å². The molecule has 2 rings (SSSR count). The van der Waals surface area contributed by atoms with Crippen molar-refractivity contribution >= 4 is 16.7 Å². The molecule has 74 valence electrons. The number of imidazole rings is 1. The van der Waals surface area contributed by atoms with E-state index in [1.165, 1.54) is 11.5 Å². The summed E-state index contributed by atoms with van der Waals surface area (Å²) in [5.41, 5.74) is 0. The third kappa shape index (κ3) is 1.60. The van der Waals surface area contributed by atoms with E-state index in [0.29, 0.717) is 5.82 Å². The van der Waals surface area contributed by atoms with Crippen molar-refractivity contribution in [1.29, 1.82) is 0 Å². The average molecular weight is 209 g/mol. The lowest BCUT2D eigenvalue weighted by Crippen LogP contribution is -1.96. The predicted octanol–water partition coefficient (Wildman–Crippen LogP) is 1.37. The van der Waals surface area contributed by atoms with Gasteiger partial charge in [0.1, 0.15) is 0 Å². The molecule has 0 saturated heterocycles. The first-order valence-corrected chi connectivity index (χ1v) is 5.14. The molecule has 0 aliphatic rings. The van der Waals surface area contributed by atoms with Crippen LogP contribution in [0.1, 0.15) is 6.92 Å². The van der Waals surface area contributed by atoms with Crippen molar-refractivity contribution in [3.05, 3.63) is 12.4 Å². The Morgan fingerprint density at radius 3 is 3.07 bits per heavy atom. The van der Waals surface area contributed by atoms with E-state index < -0.39 is 0 Å². The highest BCUT2D eigenvalue weighted by molar-refractivity contribution is 7.09. The molecule has 0 aliphatic carbocycles. The van der Waals surface area contributed by atoms with Crippen LogP contribution in [0, 0.1) is 0 Å². The normalized spacial score (nSPS) is 10.4. The van der Waals surface area contributed by atoms with E-state index in [4.69, 9.17) is 0 Å². The molecule has 0 saturated carbocycles. The Bertz CT molecular complexity index is 419. The average Bonchev–Trinajstić information content (AvgIpc) is 2.74. The second kappa shape index (κ2) is 3.75. The number of nitrogens with one attached hydrogen (secondary N) is 1. The molecule has 2 heterocycles. The third-order valence-electron chi connectivity index (χ3n) is 1.78. The number of hydrogen-bond donors (Lipinski definition) is 1. The molecule has 0 atom stereocenters. The Labute approximate surface area is 86.0 Å². The fourth-order valence-electron chi connectivity index (χ4n) is 1.12. The largest absolute Gasteiger partial charge is 0.361 e. The van der Waals surface area contributed by atoms with Gasteiger partial charge in [-0.1, -0.05) is 0 Å². The van der Waals surface area contributed by atoms with Gasteiger partial charge in [-0.25, -0.2) is 4.98 Å².